The van der Waals surface area contributed by atoms with Crippen molar-refractivity contribution in [2.24, 2.45) is 5.92 Å². The van der Waals surface area contributed by atoms with Crippen molar-refractivity contribution < 1.29 is 5.11 Å². The van der Waals surface area contributed by atoms with Crippen molar-refractivity contribution in [3.63, 3.8) is 0 Å². The van der Waals surface area contributed by atoms with Gasteiger partial charge in [-0.2, -0.15) is 0 Å². The second-order valence-electron chi connectivity index (χ2n) is 5.48. The fourth-order valence-corrected chi connectivity index (χ4v) is 2.83. The van der Waals surface area contributed by atoms with Crippen molar-refractivity contribution in [3.05, 3.63) is 23.9 Å². The Labute approximate surface area is 103 Å². The molecule has 1 saturated carbocycles. The molecule has 1 heterocycles. The van der Waals surface area contributed by atoms with Gasteiger partial charge in [0.05, 0.1) is 12.1 Å². The monoisotopic (exact) mass is 234 g/mol. The molecule has 0 radical (unpaired) electrons. The summed E-state index contributed by atoms with van der Waals surface area (Å²) in [6, 6.07) is 4.02. The number of rotatable bonds is 3. The SMILES string of the molecule is Cc1ccnc(NC2(CO)CCCC(C)C2)c1. The van der Waals surface area contributed by atoms with Gasteiger partial charge in [0, 0.05) is 6.20 Å². The van der Waals surface area contributed by atoms with Gasteiger partial charge in [-0.1, -0.05) is 19.8 Å². The molecule has 1 fully saturated rings. The van der Waals surface area contributed by atoms with Crippen molar-refractivity contribution in [1.29, 1.82) is 0 Å². The molecular formula is C14H22N2O. The van der Waals surface area contributed by atoms with Crippen LogP contribution >= 0.6 is 0 Å². The largest absolute Gasteiger partial charge is 0.394 e. The number of hydrogen-bond donors (Lipinski definition) is 2. The van der Waals surface area contributed by atoms with Gasteiger partial charge in [0.1, 0.15) is 5.82 Å². The fraction of sp³-hybridized carbons (Fsp3) is 0.643. The van der Waals surface area contributed by atoms with Crippen LogP contribution in [0, 0.1) is 12.8 Å². The molecule has 1 aliphatic rings. The zero-order valence-corrected chi connectivity index (χ0v) is 10.7. The maximum atomic E-state index is 9.70. The molecule has 0 saturated heterocycles. The summed E-state index contributed by atoms with van der Waals surface area (Å²) in [6.45, 7) is 4.50. The highest BCUT2D eigenvalue weighted by atomic mass is 16.3. The van der Waals surface area contributed by atoms with Crippen LogP contribution in [-0.4, -0.2) is 22.2 Å². The number of aromatic nitrogens is 1. The minimum Gasteiger partial charge on any atom is -0.394 e. The molecule has 94 valence electrons. The van der Waals surface area contributed by atoms with Crippen molar-refractivity contribution in [3.8, 4) is 0 Å². The van der Waals surface area contributed by atoms with E-state index in [4.69, 9.17) is 0 Å². The van der Waals surface area contributed by atoms with E-state index in [-0.39, 0.29) is 12.1 Å². The van der Waals surface area contributed by atoms with Crippen LogP contribution in [0.1, 0.15) is 38.2 Å². The number of aryl methyl sites for hydroxylation is 1. The highest BCUT2D eigenvalue weighted by Crippen LogP contribution is 2.34. The van der Waals surface area contributed by atoms with Crippen LogP contribution in [0.3, 0.4) is 0 Å². The van der Waals surface area contributed by atoms with Crippen LogP contribution in [0.4, 0.5) is 5.82 Å². The standard InChI is InChI=1S/C14H22N2O/c1-11-5-7-15-13(8-11)16-14(10-17)6-3-4-12(2)9-14/h5,7-8,12,17H,3-4,6,9-10H2,1-2H3,(H,15,16). The zero-order chi connectivity index (χ0) is 12.3. The lowest BCUT2D eigenvalue weighted by molar-refractivity contribution is 0.149. The van der Waals surface area contributed by atoms with Gasteiger partial charge in [0.2, 0.25) is 0 Å². The van der Waals surface area contributed by atoms with Gasteiger partial charge in [-0.05, 0) is 43.4 Å². The van der Waals surface area contributed by atoms with Crippen LogP contribution in [0.2, 0.25) is 0 Å². The summed E-state index contributed by atoms with van der Waals surface area (Å²) >= 11 is 0. The topological polar surface area (TPSA) is 45.2 Å². The van der Waals surface area contributed by atoms with Crippen molar-refractivity contribution in [2.75, 3.05) is 11.9 Å². The number of nitrogens with zero attached hydrogens (tertiary/aromatic N) is 1. The molecule has 3 nitrogen and oxygen atoms in total. The minimum absolute atomic E-state index is 0.168. The van der Waals surface area contributed by atoms with Crippen molar-refractivity contribution >= 4 is 5.82 Å². The molecule has 2 atom stereocenters. The molecule has 0 aromatic carbocycles. The molecule has 1 aromatic rings. The Morgan fingerprint density at radius 1 is 1.59 bits per heavy atom. The smallest absolute Gasteiger partial charge is 0.126 e. The van der Waals surface area contributed by atoms with Gasteiger partial charge in [0.25, 0.3) is 0 Å². The molecule has 1 aromatic heterocycles. The molecule has 0 spiro atoms. The lowest BCUT2D eigenvalue weighted by Crippen LogP contribution is -2.46. The Balaban J connectivity index is 2.13. The molecule has 0 amide bonds. The number of hydrogen-bond acceptors (Lipinski definition) is 3. The summed E-state index contributed by atoms with van der Waals surface area (Å²) in [5.41, 5.74) is 1.03. The van der Waals surface area contributed by atoms with Crippen molar-refractivity contribution in [1.82, 2.24) is 4.98 Å². The average molecular weight is 234 g/mol. The molecule has 0 aliphatic heterocycles. The first-order chi connectivity index (χ1) is 8.13. The van der Waals surface area contributed by atoms with Gasteiger partial charge in [-0.25, -0.2) is 4.98 Å². The molecule has 2 unspecified atom stereocenters. The van der Waals surface area contributed by atoms with Crippen molar-refractivity contribution in [2.45, 2.75) is 45.1 Å². The Bertz CT molecular complexity index is 380. The summed E-state index contributed by atoms with van der Waals surface area (Å²) in [4.78, 5) is 4.33. The minimum atomic E-state index is -0.168. The van der Waals surface area contributed by atoms with Crippen LogP contribution in [0.15, 0.2) is 18.3 Å². The van der Waals surface area contributed by atoms with Gasteiger partial charge < -0.3 is 10.4 Å². The van der Waals surface area contributed by atoms with E-state index in [1.165, 1.54) is 18.4 Å². The number of aliphatic hydroxyl groups excluding tert-OH is 1. The fourth-order valence-electron chi connectivity index (χ4n) is 2.83. The Hall–Kier alpha value is -1.09. The number of pyridine rings is 1. The lowest BCUT2D eigenvalue weighted by Gasteiger charge is -2.39. The third-order valence-corrected chi connectivity index (χ3v) is 3.70. The van der Waals surface area contributed by atoms with Gasteiger partial charge >= 0.3 is 0 Å². The Kier molecular flexibility index (Phi) is 3.67. The Morgan fingerprint density at radius 2 is 2.41 bits per heavy atom. The second kappa shape index (κ2) is 5.05. The predicted octanol–water partition coefficient (Wildman–Crippen LogP) is 2.74. The van der Waals surface area contributed by atoms with Crippen LogP contribution in [0.5, 0.6) is 0 Å². The van der Waals surface area contributed by atoms with E-state index in [2.05, 4.69) is 24.1 Å². The van der Waals surface area contributed by atoms with E-state index in [1.54, 1.807) is 0 Å². The van der Waals surface area contributed by atoms with Crippen LogP contribution in [-0.2, 0) is 0 Å². The molecule has 2 N–H and O–H groups in total. The molecule has 1 aliphatic carbocycles. The van der Waals surface area contributed by atoms with E-state index in [1.807, 2.05) is 18.3 Å². The molecule has 3 heteroatoms. The van der Waals surface area contributed by atoms with Crippen LogP contribution < -0.4 is 5.32 Å². The molecular weight excluding hydrogens is 212 g/mol. The highest BCUT2D eigenvalue weighted by molar-refractivity contribution is 5.40. The summed E-state index contributed by atoms with van der Waals surface area (Å²) < 4.78 is 0. The second-order valence-corrected chi connectivity index (χ2v) is 5.48. The first-order valence-electron chi connectivity index (χ1n) is 6.45. The van der Waals surface area contributed by atoms with Gasteiger partial charge in [-0.15, -0.1) is 0 Å². The zero-order valence-electron chi connectivity index (χ0n) is 10.7. The van der Waals surface area contributed by atoms with Gasteiger partial charge in [-0.3, -0.25) is 0 Å². The summed E-state index contributed by atoms with van der Waals surface area (Å²) in [5, 5.41) is 13.2. The first kappa shape index (κ1) is 12.4. The quantitative estimate of drug-likeness (QED) is 0.845. The third-order valence-electron chi connectivity index (χ3n) is 3.70. The number of nitrogens with one attached hydrogen (secondary N) is 1. The summed E-state index contributed by atoms with van der Waals surface area (Å²) in [5.74, 6) is 1.56. The summed E-state index contributed by atoms with van der Waals surface area (Å²) in [6.07, 6.45) is 6.32. The van der Waals surface area contributed by atoms with Gasteiger partial charge in [0.15, 0.2) is 0 Å². The van der Waals surface area contributed by atoms with E-state index in [9.17, 15) is 5.11 Å². The normalized spacial score (nSPS) is 29.0. The number of anilines is 1. The maximum absolute atomic E-state index is 9.70. The van der Waals surface area contributed by atoms with E-state index in [0.717, 1.165) is 18.7 Å². The molecule has 17 heavy (non-hydrogen) atoms. The maximum Gasteiger partial charge on any atom is 0.126 e. The average Bonchev–Trinajstić information content (AvgIpc) is 2.29. The third kappa shape index (κ3) is 2.97. The van der Waals surface area contributed by atoms with Crippen LogP contribution in [0.25, 0.3) is 0 Å². The Morgan fingerprint density at radius 3 is 3.06 bits per heavy atom. The first-order valence-corrected chi connectivity index (χ1v) is 6.45. The summed E-state index contributed by atoms with van der Waals surface area (Å²) in [7, 11) is 0. The van der Waals surface area contributed by atoms with E-state index >= 15 is 0 Å². The number of aliphatic hydroxyl groups is 1. The lowest BCUT2D eigenvalue weighted by atomic mass is 9.77. The molecule has 0 bridgehead atoms. The van der Waals surface area contributed by atoms with E-state index in [0.29, 0.717) is 5.92 Å². The van der Waals surface area contributed by atoms with E-state index < -0.39 is 0 Å². The highest BCUT2D eigenvalue weighted by Gasteiger charge is 2.34. The predicted molar refractivity (Wildman–Crippen MR) is 70.0 cm³/mol. The molecule has 2 rings (SSSR count).